The molecule has 0 aromatic carbocycles. The molecule has 0 aromatic rings. The molecule has 1 rings (SSSR count). The molecule has 1 unspecified atom stereocenters. The van der Waals surface area contributed by atoms with Crippen LogP contribution in [0.1, 0.15) is 27.2 Å². The van der Waals surface area contributed by atoms with Crippen molar-refractivity contribution in [3.8, 4) is 0 Å². The molecule has 0 amide bonds. The maximum atomic E-state index is 4.29. The van der Waals surface area contributed by atoms with Crippen LogP contribution in [-0.4, -0.2) is 75.7 Å². The van der Waals surface area contributed by atoms with Crippen molar-refractivity contribution in [2.24, 2.45) is 16.8 Å². The number of likely N-dealkylation sites (N-methyl/N-ethyl adjacent to an activating group) is 1. The third-order valence-electron chi connectivity index (χ3n) is 4.02. The topological polar surface area (TPSA) is 42.9 Å². The third-order valence-corrected chi connectivity index (χ3v) is 4.02. The van der Waals surface area contributed by atoms with Gasteiger partial charge in [0.15, 0.2) is 5.96 Å². The Hall–Kier alpha value is -0.810. The second-order valence-corrected chi connectivity index (χ2v) is 6.77. The molecular weight excluding hydrogens is 262 g/mol. The summed E-state index contributed by atoms with van der Waals surface area (Å²) in [5.74, 6) is 2.30. The van der Waals surface area contributed by atoms with E-state index in [1.165, 1.54) is 39.1 Å². The molecule has 0 radical (unpaired) electrons. The van der Waals surface area contributed by atoms with Crippen molar-refractivity contribution in [3.05, 3.63) is 0 Å². The maximum absolute atomic E-state index is 4.29. The molecule has 0 bridgehead atoms. The Bertz CT molecular complexity index is 295. The number of rotatable bonds is 7. The first-order valence-electron chi connectivity index (χ1n) is 8.36. The Morgan fingerprint density at radius 2 is 1.76 bits per heavy atom. The second-order valence-electron chi connectivity index (χ2n) is 6.77. The van der Waals surface area contributed by atoms with E-state index in [4.69, 9.17) is 0 Å². The van der Waals surface area contributed by atoms with Crippen LogP contribution >= 0.6 is 0 Å². The van der Waals surface area contributed by atoms with Crippen molar-refractivity contribution >= 4 is 5.96 Å². The van der Waals surface area contributed by atoms with Crippen molar-refractivity contribution < 1.29 is 0 Å². The fourth-order valence-corrected chi connectivity index (χ4v) is 2.51. The number of guanidine groups is 1. The second kappa shape index (κ2) is 10.0. The van der Waals surface area contributed by atoms with Gasteiger partial charge in [-0.05, 0) is 25.3 Å². The first-order valence-corrected chi connectivity index (χ1v) is 8.36. The van der Waals surface area contributed by atoms with Crippen LogP contribution in [0.15, 0.2) is 4.99 Å². The predicted octanol–water partition coefficient (Wildman–Crippen LogP) is 1.08. The van der Waals surface area contributed by atoms with Crippen molar-refractivity contribution in [3.63, 3.8) is 0 Å². The Morgan fingerprint density at radius 3 is 2.33 bits per heavy atom. The van der Waals surface area contributed by atoms with Gasteiger partial charge in [0.05, 0.1) is 0 Å². The average molecular weight is 297 g/mol. The van der Waals surface area contributed by atoms with Crippen molar-refractivity contribution in [1.82, 2.24) is 20.4 Å². The monoisotopic (exact) mass is 297 g/mol. The van der Waals surface area contributed by atoms with Gasteiger partial charge in [-0.25, -0.2) is 0 Å². The zero-order valence-electron chi connectivity index (χ0n) is 14.7. The average Bonchev–Trinajstić information content (AvgIpc) is 2.44. The Labute approximate surface area is 131 Å². The van der Waals surface area contributed by atoms with E-state index in [9.17, 15) is 0 Å². The lowest BCUT2D eigenvalue weighted by Crippen LogP contribution is -2.47. The van der Waals surface area contributed by atoms with Crippen LogP contribution in [0.25, 0.3) is 0 Å². The van der Waals surface area contributed by atoms with Gasteiger partial charge in [0.2, 0.25) is 0 Å². The number of nitrogens with zero attached hydrogens (tertiary/aromatic N) is 3. The van der Waals surface area contributed by atoms with E-state index in [1.807, 2.05) is 7.05 Å². The third kappa shape index (κ3) is 8.27. The zero-order chi connectivity index (χ0) is 15.7. The van der Waals surface area contributed by atoms with Crippen LogP contribution in [0.4, 0.5) is 0 Å². The molecule has 1 heterocycles. The lowest BCUT2D eigenvalue weighted by atomic mass is 10.1. The summed E-state index contributed by atoms with van der Waals surface area (Å²) in [6.45, 7) is 14.7. The highest BCUT2D eigenvalue weighted by atomic mass is 15.2. The van der Waals surface area contributed by atoms with Crippen LogP contribution in [-0.2, 0) is 0 Å². The molecule has 0 aliphatic carbocycles. The standard InChI is InChI=1S/C16H35N5/c1-14(2)6-7-18-16(17-4)19-12-15(3)13-21-10-8-20(5)9-11-21/h14-15H,6-13H2,1-5H3,(H2,17,18,19). The van der Waals surface area contributed by atoms with Crippen LogP contribution in [0.5, 0.6) is 0 Å². The molecule has 5 heteroatoms. The first-order chi connectivity index (χ1) is 10.0. The lowest BCUT2D eigenvalue weighted by molar-refractivity contribution is 0.139. The summed E-state index contributed by atoms with van der Waals surface area (Å²) in [7, 11) is 4.05. The lowest BCUT2D eigenvalue weighted by Gasteiger charge is -2.34. The minimum atomic E-state index is 0.636. The van der Waals surface area contributed by atoms with Gasteiger partial charge in [0.25, 0.3) is 0 Å². The Morgan fingerprint density at radius 1 is 1.10 bits per heavy atom. The summed E-state index contributed by atoms with van der Waals surface area (Å²) < 4.78 is 0. The molecule has 0 spiro atoms. The van der Waals surface area contributed by atoms with Gasteiger partial charge in [0, 0.05) is 52.9 Å². The molecule has 1 saturated heterocycles. The van der Waals surface area contributed by atoms with Crippen molar-refractivity contribution in [1.29, 1.82) is 0 Å². The molecule has 5 nitrogen and oxygen atoms in total. The van der Waals surface area contributed by atoms with Crippen LogP contribution < -0.4 is 10.6 Å². The summed E-state index contributed by atoms with van der Waals surface area (Å²) in [5, 5.41) is 6.83. The summed E-state index contributed by atoms with van der Waals surface area (Å²) >= 11 is 0. The smallest absolute Gasteiger partial charge is 0.190 e. The van der Waals surface area contributed by atoms with E-state index in [-0.39, 0.29) is 0 Å². The predicted molar refractivity (Wildman–Crippen MR) is 91.9 cm³/mol. The fourth-order valence-electron chi connectivity index (χ4n) is 2.51. The van der Waals surface area contributed by atoms with E-state index in [0.29, 0.717) is 5.92 Å². The number of nitrogens with one attached hydrogen (secondary N) is 2. The van der Waals surface area contributed by atoms with Gasteiger partial charge in [0.1, 0.15) is 0 Å². The zero-order valence-corrected chi connectivity index (χ0v) is 14.7. The molecule has 1 atom stereocenters. The summed E-state index contributed by atoms with van der Waals surface area (Å²) in [5.41, 5.74) is 0. The number of hydrogen-bond donors (Lipinski definition) is 2. The summed E-state index contributed by atoms with van der Waals surface area (Å²) in [6.07, 6.45) is 1.18. The molecule has 1 aliphatic rings. The highest BCUT2D eigenvalue weighted by Crippen LogP contribution is 2.03. The summed E-state index contributed by atoms with van der Waals surface area (Å²) in [6, 6.07) is 0. The van der Waals surface area contributed by atoms with Crippen LogP contribution in [0.3, 0.4) is 0 Å². The van der Waals surface area contributed by atoms with E-state index >= 15 is 0 Å². The number of aliphatic imine (C=N–C) groups is 1. The Balaban J connectivity index is 2.16. The SMILES string of the molecule is CN=C(NCCC(C)C)NCC(C)CN1CCN(C)CC1. The summed E-state index contributed by atoms with van der Waals surface area (Å²) in [4.78, 5) is 9.26. The Kier molecular flexibility index (Phi) is 8.69. The molecule has 2 N–H and O–H groups in total. The molecule has 21 heavy (non-hydrogen) atoms. The van der Waals surface area contributed by atoms with Crippen molar-refractivity contribution in [2.45, 2.75) is 27.2 Å². The molecular formula is C16H35N5. The quantitative estimate of drug-likeness (QED) is 0.545. The number of hydrogen-bond acceptors (Lipinski definition) is 3. The van der Waals surface area contributed by atoms with E-state index in [2.05, 4.69) is 53.2 Å². The minimum absolute atomic E-state index is 0.636. The molecule has 124 valence electrons. The van der Waals surface area contributed by atoms with E-state index in [0.717, 1.165) is 25.0 Å². The molecule has 1 fully saturated rings. The van der Waals surface area contributed by atoms with Gasteiger partial charge < -0.3 is 20.4 Å². The van der Waals surface area contributed by atoms with Gasteiger partial charge in [-0.1, -0.05) is 20.8 Å². The first kappa shape index (κ1) is 18.2. The number of piperazine rings is 1. The molecule has 1 aliphatic heterocycles. The van der Waals surface area contributed by atoms with Crippen LogP contribution in [0.2, 0.25) is 0 Å². The highest BCUT2D eigenvalue weighted by Gasteiger charge is 2.16. The largest absolute Gasteiger partial charge is 0.356 e. The van der Waals surface area contributed by atoms with Crippen LogP contribution in [0, 0.1) is 11.8 Å². The normalized spacial score (nSPS) is 19.8. The van der Waals surface area contributed by atoms with E-state index in [1.54, 1.807) is 0 Å². The molecule has 0 saturated carbocycles. The van der Waals surface area contributed by atoms with Gasteiger partial charge >= 0.3 is 0 Å². The van der Waals surface area contributed by atoms with Gasteiger partial charge in [-0.2, -0.15) is 0 Å². The molecule has 0 aromatic heterocycles. The minimum Gasteiger partial charge on any atom is -0.356 e. The van der Waals surface area contributed by atoms with Gasteiger partial charge in [-0.15, -0.1) is 0 Å². The van der Waals surface area contributed by atoms with Gasteiger partial charge in [-0.3, -0.25) is 4.99 Å². The fraction of sp³-hybridized carbons (Fsp3) is 0.938. The maximum Gasteiger partial charge on any atom is 0.190 e. The van der Waals surface area contributed by atoms with Crippen molar-refractivity contribution in [2.75, 3.05) is 59.9 Å². The highest BCUT2D eigenvalue weighted by molar-refractivity contribution is 5.79. The van der Waals surface area contributed by atoms with E-state index < -0.39 is 0 Å².